The van der Waals surface area contributed by atoms with Crippen LogP contribution in [0.4, 0.5) is 0 Å². The van der Waals surface area contributed by atoms with Gasteiger partial charge in [-0.15, -0.1) is 39.7 Å². The summed E-state index contributed by atoms with van der Waals surface area (Å²) in [6.45, 7) is 27.0. The number of rotatable bonds is 1. The third kappa shape index (κ3) is 8.01. The SMILES string of the molecule is CC1=CC(C)(C)c2cc3[cH-]c4cc5c(cc4c3cc21)C(C)=CC5(C)C.CC1=[C-]C(C)C=C1C(C)(C)C.Cc1ccc([CH]=[Zr+2])cc1.[Cl-].[Cl-]. The summed E-state index contributed by atoms with van der Waals surface area (Å²) in [7, 11) is 0. The summed E-state index contributed by atoms with van der Waals surface area (Å²) in [4.78, 5) is 0. The molecule has 4 aromatic rings. The third-order valence-electron chi connectivity index (χ3n) is 9.69. The number of hydrogen-bond donors (Lipinski definition) is 0. The number of halogens is 2. The molecular formula is C44H50Cl2Zr-2. The average Bonchev–Trinajstić information content (AvgIpc) is 3.62. The first-order valence-corrected chi connectivity index (χ1v) is 17.8. The van der Waals surface area contributed by atoms with Crippen molar-refractivity contribution in [2.45, 2.75) is 93.9 Å². The average molecular weight is 741 g/mol. The zero-order valence-electron chi connectivity index (χ0n) is 30.3. The van der Waals surface area contributed by atoms with Crippen molar-refractivity contribution in [2.24, 2.45) is 11.3 Å². The fraction of sp³-hybridized carbons (Fsp3) is 0.364. The van der Waals surface area contributed by atoms with Crippen LogP contribution < -0.4 is 24.8 Å². The number of allylic oxidation sites excluding steroid dienone is 8. The van der Waals surface area contributed by atoms with E-state index in [0.29, 0.717) is 11.3 Å². The predicted octanol–water partition coefficient (Wildman–Crippen LogP) is 6.16. The summed E-state index contributed by atoms with van der Waals surface area (Å²) >= 11 is 1.47. The van der Waals surface area contributed by atoms with Gasteiger partial charge in [0.05, 0.1) is 0 Å². The van der Waals surface area contributed by atoms with Gasteiger partial charge in [0, 0.05) is 10.8 Å². The molecule has 7 rings (SSSR count). The minimum atomic E-state index is 0. The maximum atomic E-state index is 3.40. The Balaban J connectivity index is 0.000000228. The van der Waals surface area contributed by atoms with Gasteiger partial charge in [-0.05, 0) is 36.1 Å². The van der Waals surface area contributed by atoms with E-state index in [1.165, 1.54) is 101 Å². The van der Waals surface area contributed by atoms with E-state index in [2.05, 4.69) is 166 Å². The van der Waals surface area contributed by atoms with Crippen molar-refractivity contribution in [3.05, 3.63) is 123 Å². The fourth-order valence-electron chi connectivity index (χ4n) is 7.53. The molecule has 47 heavy (non-hydrogen) atoms. The summed E-state index contributed by atoms with van der Waals surface area (Å²) in [5.74, 6) is 0.518. The van der Waals surface area contributed by atoms with Gasteiger partial charge in [-0.1, -0.05) is 109 Å². The second-order valence-corrected chi connectivity index (χ2v) is 16.4. The van der Waals surface area contributed by atoms with Crippen molar-refractivity contribution < 1.29 is 49.0 Å². The summed E-state index contributed by atoms with van der Waals surface area (Å²) in [6.07, 6.45) is 10.5. The molecule has 0 bridgehead atoms. The van der Waals surface area contributed by atoms with Crippen LogP contribution in [0.25, 0.3) is 32.7 Å². The molecule has 0 amide bonds. The molecule has 3 aliphatic rings. The Morgan fingerprint density at radius 2 is 1.19 bits per heavy atom. The van der Waals surface area contributed by atoms with Gasteiger partial charge in [0.15, 0.2) is 0 Å². The Bertz CT molecular complexity index is 1840. The van der Waals surface area contributed by atoms with Crippen LogP contribution in [0.5, 0.6) is 0 Å². The fourth-order valence-corrected chi connectivity index (χ4v) is 8.00. The molecule has 246 valence electrons. The van der Waals surface area contributed by atoms with Crippen LogP contribution >= 0.6 is 0 Å². The van der Waals surface area contributed by atoms with Crippen LogP contribution in [-0.2, 0) is 35.1 Å². The van der Waals surface area contributed by atoms with Gasteiger partial charge in [0.1, 0.15) is 0 Å². The quantitative estimate of drug-likeness (QED) is 0.206. The van der Waals surface area contributed by atoms with Crippen LogP contribution in [0, 0.1) is 24.3 Å². The Hall–Kier alpha value is -2.18. The van der Waals surface area contributed by atoms with E-state index in [4.69, 9.17) is 0 Å². The zero-order chi connectivity index (χ0) is 33.1. The molecule has 0 saturated carbocycles. The van der Waals surface area contributed by atoms with Gasteiger partial charge >= 0.3 is 70.3 Å². The van der Waals surface area contributed by atoms with E-state index in [1.807, 2.05) is 0 Å². The van der Waals surface area contributed by atoms with Crippen molar-refractivity contribution in [2.75, 3.05) is 0 Å². The number of hydrogen-bond acceptors (Lipinski definition) is 0. The first kappa shape index (κ1) is 39.3. The van der Waals surface area contributed by atoms with Gasteiger partial charge < -0.3 is 24.8 Å². The first-order chi connectivity index (χ1) is 20.9. The molecule has 0 fully saturated rings. The molecule has 0 saturated heterocycles. The Morgan fingerprint density at radius 1 is 0.745 bits per heavy atom. The van der Waals surface area contributed by atoms with E-state index >= 15 is 0 Å². The van der Waals surface area contributed by atoms with Crippen molar-refractivity contribution >= 4 is 36.4 Å². The van der Waals surface area contributed by atoms with E-state index in [1.54, 1.807) is 0 Å². The summed E-state index contributed by atoms with van der Waals surface area (Å²) in [5, 5.41) is 5.57. The van der Waals surface area contributed by atoms with Crippen LogP contribution in [0.2, 0.25) is 0 Å². The van der Waals surface area contributed by atoms with Gasteiger partial charge in [-0.2, -0.15) is 11.6 Å². The smallest absolute Gasteiger partial charge is 1.00 e. The van der Waals surface area contributed by atoms with Crippen LogP contribution in [0.15, 0.2) is 84.0 Å². The van der Waals surface area contributed by atoms with E-state index in [-0.39, 0.29) is 35.6 Å². The van der Waals surface area contributed by atoms with Crippen molar-refractivity contribution in [1.82, 2.24) is 0 Å². The molecular weight excluding hydrogens is 691 g/mol. The maximum Gasteiger partial charge on any atom is -1.00 e. The van der Waals surface area contributed by atoms with Gasteiger partial charge in [0.25, 0.3) is 0 Å². The van der Waals surface area contributed by atoms with Crippen LogP contribution in [0.1, 0.15) is 110 Å². The molecule has 0 heterocycles. The van der Waals surface area contributed by atoms with Gasteiger partial charge in [-0.3, -0.25) is 6.08 Å². The molecule has 0 radical (unpaired) electrons. The zero-order valence-corrected chi connectivity index (χ0v) is 34.3. The first-order valence-electron chi connectivity index (χ1n) is 16.4. The topological polar surface area (TPSA) is 0 Å². The molecule has 4 aromatic carbocycles. The number of aryl methyl sites for hydroxylation is 1. The molecule has 0 aliphatic heterocycles. The summed E-state index contributed by atoms with van der Waals surface area (Å²) in [5.41, 5.74) is 14.7. The molecule has 0 spiro atoms. The third-order valence-corrected chi connectivity index (χ3v) is 10.5. The molecule has 3 heteroatoms. The Kier molecular flexibility index (Phi) is 12.0. The van der Waals surface area contributed by atoms with E-state index in [0.717, 1.165) is 0 Å². The summed E-state index contributed by atoms with van der Waals surface area (Å²) < 4.78 is 2.19. The number of fused-ring (bicyclic) bond motifs is 5. The second-order valence-electron chi connectivity index (χ2n) is 15.7. The summed E-state index contributed by atoms with van der Waals surface area (Å²) in [6, 6.07) is 20.7. The largest absolute Gasteiger partial charge is 1.00 e. The van der Waals surface area contributed by atoms with Crippen LogP contribution in [0.3, 0.4) is 0 Å². The molecule has 1 unspecified atom stereocenters. The monoisotopic (exact) mass is 738 g/mol. The Morgan fingerprint density at radius 3 is 1.53 bits per heavy atom. The normalized spacial score (nSPS) is 18.2. The molecule has 3 aliphatic carbocycles. The standard InChI is InChI=1S/C25H25.C11H17.C8H8.2ClH.Zr/c1-14-12-24(3,4)22-8-16-7-17-9-23-19(15(2)13-25(23,5)6)11-21(17)20(16)10-18(14)22;1-8-6-9(2)10(7-8)11(3,4)5;1-7-3-5-8(2)6-4-7;;;/h7-13H,1-6H3;7-8H,1-5H3;1,3-6H,2H3;2*1H;/q2*-1;;;;+2/p-2. The van der Waals surface area contributed by atoms with Gasteiger partial charge in [0.2, 0.25) is 0 Å². The minimum Gasteiger partial charge on any atom is -1.00 e. The second kappa shape index (κ2) is 14.4. The van der Waals surface area contributed by atoms with E-state index in [9.17, 15) is 0 Å². The predicted molar refractivity (Wildman–Crippen MR) is 196 cm³/mol. The number of benzene rings is 3. The minimum absolute atomic E-state index is 0. The van der Waals surface area contributed by atoms with Crippen molar-refractivity contribution in [3.8, 4) is 0 Å². The van der Waals surface area contributed by atoms with E-state index < -0.39 is 0 Å². The van der Waals surface area contributed by atoms with Crippen molar-refractivity contribution in [3.63, 3.8) is 0 Å². The van der Waals surface area contributed by atoms with Gasteiger partial charge in [-0.25, -0.2) is 5.57 Å². The molecule has 0 N–H and O–H groups in total. The molecule has 0 aromatic heterocycles. The molecule has 1 atom stereocenters. The van der Waals surface area contributed by atoms with Crippen molar-refractivity contribution in [1.29, 1.82) is 0 Å². The van der Waals surface area contributed by atoms with Crippen LogP contribution in [-0.4, -0.2) is 3.71 Å². The Labute approximate surface area is 312 Å². The maximum absolute atomic E-state index is 3.40. The molecule has 0 nitrogen and oxygen atoms in total.